The molecule has 1 aliphatic rings. The normalized spacial score (nSPS) is 14.4. The molecule has 0 bridgehead atoms. The molecule has 47 heavy (non-hydrogen) atoms. The van der Waals surface area contributed by atoms with E-state index in [4.69, 9.17) is 21.1 Å². The predicted molar refractivity (Wildman–Crippen MR) is 187 cm³/mol. The first-order chi connectivity index (χ1) is 22.6. The molecule has 17 heteroatoms. The monoisotopic (exact) mass is 730 g/mol. The van der Waals surface area contributed by atoms with Crippen LogP contribution in [-0.2, 0) is 28.3 Å². The van der Waals surface area contributed by atoms with Crippen LogP contribution in [-0.4, -0.2) is 76.1 Å². The van der Waals surface area contributed by atoms with Crippen molar-refractivity contribution in [2.45, 2.75) is 24.7 Å². The lowest BCUT2D eigenvalue weighted by molar-refractivity contribution is -0.135. The summed E-state index contributed by atoms with van der Waals surface area (Å²) in [4.78, 5) is 36.0. The number of benzene rings is 2. The van der Waals surface area contributed by atoms with Crippen LogP contribution in [0.15, 0.2) is 58.2 Å². The Morgan fingerprint density at radius 3 is 2.49 bits per heavy atom. The van der Waals surface area contributed by atoms with Gasteiger partial charge in [-0.15, -0.1) is 0 Å². The van der Waals surface area contributed by atoms with E-state index in [2.05, 4.69) is 28.0 Å². The van der Waals surface area contributed by atoms with E-state index in [0.29, 0.717) is 42.0 Å². The van der Waals surface area contributed by atoms with Crippen LogP contribution >= 0.6 is 45.8 Å². The van der Waals surface area contributed by atoms with Gasteiger partial charge < -0.3 is 13.9 Å². The lowest BCUT2D eigenvalue weighted by Gasteiger charge is -2.33. The van der Waals surface area contributed by atoms with Gasteiger partial charge in [-0.25, -0.2) is 13.4 Å². The summed E-state index contributed by atoms with van der Waals surface area (Å²) in [6, 6.07) is 13.5. The van der Waals surface area contributed by atoms with Gasteiger partial charge in [-0.05, 0) is 60.5 Å². The molecule has 0 spiro atoms. The van der Waals surface area contributed by atoms with E-state index in [1.807, 2.05) is 30.0 Å². The van der Waals surface area contributed by atoms with Crippen LogP contribution in [0.5, 0.6) is 11.5 Å². The number of carbonyl (C=O) groups is 1. The predicted octanol–water partition coefficient (Wildman–Crippen LogP) is 4.93. The molecule has 2 aromatic carbocycles. The topological polar surface area (TPSA) is 140 Å². The highest BCUT2D eigenvalue weighted by atomic mass is 32.9. The van der Waals surface area contributed by atoms with Gasteiger partial charge in [-0.3, -0.25) is 19.2 Å². The molecule has 0 aliphatic carbocycles. The van der Waals surface area contributed by atoms with Gasteiger partial charge in [0.25, 0.3) is 5.56 Å². The molecule has 0 saturated carbocycles. The van der Waals surface area contributed by atoms with Crippen molar-refractivity contribution in [2.75, 3.05) is 32.7 Å². The molecule has 0 atom stereocenters. The van der Waals surface area contributed by atoms with E-state index < -0.39 is 21.6 Å². The van der Waals surface area contributed by atoms with E-state index in [1.54, 1.807) is 29.5 Å². The smallest absolute Gasteiger partial charge is 0.325 e. The van der Waals surface area contributed by atoms with Crippen LogP contribution in [0.2, 0.25) is 0 Å². The molecule has 1 aliphatic heterocycles. The number of H-pyrrole nitrogens is 1. The average Bonchev–Trinajstić information content (AvgIpc) is 3.64. The molecular weight excluding hydrogens is 701 g/mol. The first-order valence-electron chi connectivity index (χ1n) is 14.6. The standard InChI is InChI=1S/C30H30N6O6S5/c1-3-4-22-27-28(34(2)33-22)30(38)32-29(31-27)21-15-20(9-10-23(21)42-44)47(39,40)36-13-11-35(12-14-36)17-25(37)41-19-7-5-18(6-8-19)24-16-26(43)46-45-24/h5-10,15-16,44H,3-4,11-14,17H2,1-2H3,(H,31,32,38). The third-order valence-corrected chi connectivity index (χ3v) is 12.7. The number of hydrogen-bond donors (Lipinski definition) is 2. The van der Waals surface area contributed by atoms with E-state index in [9.17, 15) is 18.0 Å². The first-order valence-corrected chi connectivity index (χ1v) is 19.0. The number of fused-ring (bicyclic) bond motifs is 1. The summed E-state index contributed by atoms with van der Waals surface area (Å²) in [6.07, 6.45) is 1.44. The summed E-state index contributed by atoms with van der Waals surface area (Å²) in [7, 11) is 0.877. The second-order valence-electron chi connectivity index (χ2n) is 10.9. The van der Waals surface area contributed by atoms with Crippen molar-refractivity contribution in [3.63, 3.8) is 0 Å². The number of thiol groups is 1. The number of sulfonamides is 1. The molecule has 4 heterocycles. The van der Waals surface area contributed by atoms with Gasteiger partial charge in [0.2, 0.25) is 10.0 Å². The molecule has 246 valence electrons. The Kier molecular flexibility index (Phi) is 9.93. The molecule has 6 rings (SSSR count). The van der Waals surface area contributed by atoms with Gasteiger partial charge in [0, 0.05) is 51.0 Å². The number of ether oxygens (including phenoxy) is 1. The molecule has 1 fully saturated rings. The molecule has 0 radical (unpaired) electrons. The van der Waals surface area contributed by atoms with E-state index in [-0.39, 0.29) is 41.7 Å². The van der Waals surface area contributed by atoms with Gasteiger partial charge >= 0.3 is 5.97 Å². The molecule has 1 N–H and O–H groups in total. The van der Waals surface area contributed by atoms with Gasteiger partial charge in [-0.2, -0.15) is 9.40 Å². The molecule has 5 aromatic rings. The largest absolute Gasteiger partial charge is 0.428 e. The third kappa shape index (κ3) is 7.06. The molecule has 0 unspecified atom stereocenters. The number of hydrogen-bond acceptors (Lipinski definition) is 13. The van der Waals surface area contributed by atoms with Crippen LogP contribution in [0.1, 0.15) is 19.0 Å². The van der Waals surface area contributed by atoms with Crippen LogP contribution in [0.25, 0.3) is 32.9 Å². The highest BCUT2D eigenvalue weighted by Crippen LogP contribution is 2.33. The maximum atomic E-state index is 13.7. The highest BCUT2D eigenvalue weighted by molar-refractivity contribution is 7.89. The third-order valence-electron chi connectivity index (χ3n) is 7.71. The zero-order valence-corrected chi connectivity index (χ0v) is 29.5. The summed E-state index contributed by atoms with van der Waals surface area (Å²) in [5.74, 6) is 0.376. The number of rotatable bonds is 10. The zero-order valence-electron chi connectivity index (χ0n) is 25.3. The number of aromatic amines is 1. The average molecular weight is 731 g/mol. The fourth-order valence-electron chi connectivity index (χ4n) is 5.40. The van der Waals surface area contributed by atoms with E-state index in [1.165, 1.54) is 37.5 Å². The zero-order chi connectivity index (χ0) is 33.3. The number of carbonyl (C=O) groups excluding carboxylic acids is 1. The summed E-state index contributed by atoms with van der Waals surface area (Å²) in [6.45, 7) is 3.06. The van der Waals surface area contributed by atoms with Crippen LogP contribution in [0.4, 0.5) is 0 Å². The van der Waals surface area contributed by atoms with Gasteiger partial charge in [0.15, 0.2) is 5.52 Å². The second kappa shape index (κ2) is 14.0. The minimum absolute atomic E-state index is 0.00726. The Morgan fingerprint density at radius 2 is 1.83 bits per heavy atom. The van der Waals surface area contributed by atoms with Crippen molar-refractivity contribution >= 4 is 72.8 Å². The molecule has 1 saturated heterocycles. The maximum Gasteiger partial charge on any atom is 0.325 e. The molecule has 12 nitrogen and oxygen atoms in total. The highest BCUT2D eigenvalue weighted by Gasteiger charge is 2.30. The van der Waals surface area contributed by atoms with Gasteiger partial charge in [0.05, 0.1) is 22.7 Å². The van der Waals surface area contributed by atoms with E-state index in [0.717, 1.165) is 20.7 Å². The Labute approximate surface area is 288 Å². The van der Waals surface area contributed by atoms with Crippen molar-refractivity contribution in [1.29, 1.82) is 0 Å². The van der Waals surface area contributed by atoms with Crippen molar-refractivity contribution in [2.24, 2.45) is 7.05 Å². The summed E-state index contributed by atoms with van der Waals surface area (Å²) in [5.41, 5.74) is 2.31. The number of nitrogens with one attached hydrogen (secondary N) is 1. The summed E-state index contributed by atoms with van der Waals surface area (Å²) < 4.78 is 41.9. The Balaban J connectivity index is 1.13. The summed E-state index contributed by atoms with van der Waals surface area (Å²) in [5, 5.41) is 4.44. The van der Waals surface area contributed by atoms with Crippen LogP contribution in [0, 0.1) is 3.82 Å². The van der Waals surface area contributed by atoms with Crippen LogP contribution < -0.4 is 14.5 Å². The van der Waals surface area contributed by atoms with Crippen molar-refractivity contribution < 1.29 is 22.1 Å². The number of aromatic nitrogens is 4. The molecule has 0 amide bonds. The number of piperazine rings is 1. The maximum absolute atomic E-state index is 13.7. The minimum Gasteiger partial charge on any atom is -0.428 e. The van der Waals surface area contributed by atoms with Gasteiger partial charge in [0.1, 0.15) is 26.7 Å². The summed E-state index contributed by atoms with van der Waals surface area (Å²) >= 11 is 9.14. The SMILES string of the molecule is CCCc1nn(C)c2c(=O)[nH]c(-c3cc(S(=O)(=O)N4CCN(CC(=O)Oc5ccc(-c6cc(=S)ss6)cc5)CC4)ccc3OS)nc12. The fraction of sp³-hybridized carbons (Fsp3) is 0.300. The number of esters is 1. The quantitative estimate of drug-likeness (QED) is 0.0508. The fourth-order valence-corrected chi connectivity index (χ4v) is 9.41. The van der Waals surface area contributed by atoms with Crippen LogP contribution in [0.3, 0.4) is 0 Å². The number of aryl methyl sites for hydroxylation is 2. The Hall–Kier alpha value is -3.45. The second-order valence-corrected chi connectivity index (χ2v) is 15.9. The lowest BCUT2D eigenvalue weighted by atomic mass is 10.1. The number of nitrogens with zero attached hydrogens (tertiary/aromatic N) is 5. The first kappa shape index (κ1) is 33.5. The van der Waals surface area contributed by atoms with Crippen molar-refractivity contribution in [3.05, 3.63) is 68.4 Å². The van der Waals surface area contributed by atoms with E-state index >= 15 is 0 Å². The van der Waals surface area contributed by atoms with Crippen molar-refractivity contribution in [1.82, 2.24) is 29.0 Å². The molecule has 3 aromatic heterocycles. The minimum atomic E-state index is -3.94. The van der Waals surface area contributed by atoms with Gasteiger partial charge in [-0.1, -0.05) is 46.2 Å². The lowest BCUT2D eigenvalue weighted by Crippen LogP contribution is -2.50. The Morgan fingerprint density at radius 1 is 1.09 bits per heavy atom. The Bertz CT molecular complexity index is 2170. The van der Waals surface area contributed by atoms with Crippen molar-refractivity contribution in [3.8, 4) is 33.3 Å². The molecular formula is C30H30N6O6S5.